The summed E-state index contributed by atoms with van der Waals surface area (Å²) in [6, 6.07) is 1.29. The van der Waals surface area contributed by atoms with Gasteiger partial charge in [-0.15, -0.1) is 0 Å². The molecule has 21 heavy (non-hydrogen) atoms. The number of amides is 1. The second-order valence-corrected chi connectivity index (χ2v) is 5.38. The molecule has 2 aromatic rings. The van der Waals surface area contributed by atoms with Crippen LogP contribution >= 0.6 is 0 Å². The van der Waals surface area contributed by atoms with Crippen LogP contribution in [0.5, 0.6) is 0 Å². The van der Waals surface area contributed by atoms with E-state index in [0.717, 1.165) is 5.69 Å². The Labute approximate surface area is 121 Å². The first kappa shape index (κ1) is 13.9. The molecule has 2 aromatic heterocycles. The average molecular weight is 291 g/mol. The molecule has 2 N–H and O–H groups in total. The SMILES string of the molecule is CC(C)c1cc(C(=O)N[C@H]2COC[C@@H]2O)nc2ncnn12. The van der Waals surface area contributed by atoms with Gasteiger partial charge in [0.25, 0.3) is 11.7 Å². The van der Waals surface area contributed by atoms with Crippen molar-refractivity contribution < 1.29 is 14.6 Å². The van der Waals surface area contributed by atoms with E-state index in [1.54, 1.807) is 10.6 Å². The average Bonchev–Trinajstić information content (AvgIpc) is 3.06. The molecule has 1 aliphatic rings. The number of carbonyl (C=O) groups excluding carboxylic acids is 1. The van der Waals surface area contributed by atoms with Crippen LogP contribution < -0.4 is 5.32 Å². The van der Waals surface area contributed by atoms with Crippen LogP contribution in [0.4, 0.5) is 0 Å². The van der Waals surface area contributed by atoms with Crippen LogP contribution in [0.25, 0.3) is 5.78 Å². The molecular formula is C13H17N5O3. The number of hydrogen-bond acceptors (Lipinski definition) is 6. The molecule has 1 aliphatic heterocycles. The molecule has 0 aromatic carbocycles. The van der Waals surface area contributed by atoms with Gasteiger partial charge in [-0.25, -0.2) is 9.50 Å². The highest BCUT2D eigenvalue weighted by Crippen LogP contribution is 2.16. The third-order valence-electron chi connectivity index (χ3n) is 3.47. The number of ether oxygens (including phenoxy) is 1. The summed E-state index contributed by atoms with van der Waals surface area (Å²) in [7, 11) is 0. The van der Waals surface area contributed by atoms with Crippen LogP contribution in [-0.4, -0.2) is 56.0 Å². The first-order valence-corrected chi connectivity index (χ1v) is 6.83. The van der Waals surface area contributed by atoms with E-state index >= 15 is 0 Å². The summed E-state index contributed by atoms with van der Waals surface area (Å²) in [6.07, 6.45) is 0.722. The number of aliphatic hydroxyl groups excluding tert-OH is 1. The Kier molecular flexibility index (Phi) is 3.56. The predicted molar refractivity (Wildman–Crippen MR) is 73.0 cm³/mol. The van der Waals surface area contributed by atoms with Crippen molar-refractivity contribution in [2.75, 3.05) is 13.2 Å². The van der Waals surface area contributed by atoms with Gasteiger partial charge in [-0.2, -0.15) is 10.1 Å². The van der Waals surface area contributed by atoms with E-state index in [0.29, 0.717) is 12.4 Å². The fourth-order valence-electron chi connectivity index (χ4n) is 2.29. The molecule has 8 heteroatoms. The van der Waals surface area contributed by atoms with Crippen LogP contribution in [0.2, 0.25) is 0 Å². The van der Waals surface area contributed by atoms with Gasteiger partial charge in [-0.3, -0.25) is 4.79 Å². The Hall–Kier alpha value is -2.06. The number of carbonyl (C=O) groups is 1. The number of aromatic nitrogens is 4. The van der Waals surface area contributed by atoms with E-state index in [9.17, 15) is 9.90 Å². The molecule has 0 radical (unpaired) electrons. The van der Waals surface area contributed by atoms with Gasteiger partial charge in [0.05, 0.1) is 31.1 Å². The Morgan fingerprint density at radius 2 is 2.33 bits per heavy atom. The fraction of sp³-hybridized carbons (Fsp3) is 0.538. The minimum Gasteiger partial charge on any atom is -0.388 e. The number of hydrogen-bond donors (Lipinski definition) is 2. The maximum absolute atomic E-state index is 12.3. The molecule has 0 bridgehead atoms. The van der Waals surface area contributed by atoms with Crippen molar-refractivity contribution >= 4 is 11.7 Å². The summed E-state index contributed by atoms with van der Waals surface area (Å²) in [5, 5.41) is 16.5. The molecule has 0 aliphatic carbocycles. The maximum Gasteiger partial charge on any atom is 0.270 e. The number of nitrogens with one attached hydrogen (secondary N) is 1. The summed E-state index contributed by atoms with van der Waals surface area (Å²) < 4.78 is 6.73. The van der Waals surface area contributed by atoms with Gasteiger partial charge in [0.2, 0.25) is 0 Å². The largest absolute Gasteiger partial charge is 0.388 e. The summed E-state index contributed by atoms with van der Waals surface area (Å²) in [5.74, 6) is 0.204. The van der Waals surface area contributed by atoms with Crippen LogP contribution in [0.3, 0.4) is 0 Å². The topological polar surface area (TPSA) is 102 Å². The molecule has 112 valence electrons. The third kappa shape index (κ3) is 2.59. The Bertz CT molecular complexity index is 669. The van der Waals surface area contributed by atoms with Gasteiger partial charge in [-0.1, -0.05) is 13.8 Å². The molecule has 1 amide bonds. The second kappa shape index (κ2) is 5.38. The monoisotopic (exact) mass is 291 g/mol. The van der Waals surface area contributed by atoms with Gasteiger partial charge in [0, 0.05) is 0 Å². The zero-order chi connectivity index (χ0) is 15.0. The molecule has 3 heterocycles. The van der Waals surface area contributed by atoms with E-state index in [1.165, 1.54) is 6.33 Å². The normalized spacial score (nSPS) is 22.1. The van der Waals surface area contributed by atoms with Crippen molar-refractivity contribution in [2.24, 2.45) is 0 Å². The molecule has 8 nitrogen and oxygen atoms in total. The highest BCUT2D eigenvalue weighted by molar-refractivity contribution is 5.93. The number of fused-ring (bicyclic) bond motifs is 1. The zero-order valence-corrected chi connectivity index (χ0v) is 11.9. The van der Waals surface area contributed by atoms with Crippen molar-refractivity contribution in [3.8, 4) is 0 Å². The lowest BCUT2D eigenvalue weighted by Gasteiger charge is -2.15. The van der Waals surface area contributed by atoms with Crippen LogP contribution in [0, 0.1) is 0 Å². The smallest absolute Gasteiger partial charge is 0.270 e. The van der Waals surface area contributed by atoms with Crippen molar-refractivity contribution in [2.45, 2.75) is 31.9 Å². The molecule has 0 unspecified atom stereocenters. The fourth-order valence-corrected chi connectivity index (χ4v) is 2.29. The van der Waals surface area contributed by atoms with Crippen molar-refractivity contribution in [3.63, 3.8) is 0 Å². The summed E-state index contributed by atoms with van der Waals surface area (Å²) >= 11 is 0. The Morgan fingerprint density at radius 3 is 3.00 bits per heavy atom. The summed E-state index contributed by atoms with van der Waals surface area (Å²) in [5.41, 5.74) is 1.11. The van der Waals surface area contributed by atoms with E-state index in [4.69, 9.17) is 4.74 Å². The van der Waals surface area contributed by atoms with Gasteiger partial charge >= 0.3 is 0 Å². The zero-order valence-electron chi connectivity index (χ0n) is 11.9. The molecular weight excluding hydrogens is 274 g/mol. The van der Waals surface area contributed by atoms with Crippen LogP contribution in [0.1, 0.15) is 35.9 Å². The van der Waals surface area contributed by atoms with Crippen molar-refractivity contribution in [1.29, 1.82) is 0 Å². The van der Waals surface area contributed by atoms with Gasteiger partial charge in [0.1, 0.15) is 12.0 Å². The minimum absolute atomic E-state index is 0.171. The lowest BCUT2D eigenvalue weighted by Crippen LogP contribution is -2.42. The highest BCUT2D eigenvalue weighted by Gasteiger charge is 2.28. The molecule has 1 saturated heterocycles. The van der Waals surface area contributed by atoms with E-state index in [-0.39, 0.29) is 24.1 Å². The summed E-state index contributed by atoms with van der Waals surface area (Å²) in [4.78, 5) is 20.5. The summed E-state index contributed by atoms with van der Waals surface area (Å²) in [6.45, 7) is 4.55. The van der Waals surface area contributed by atoms with E-state index in [2.05, 4.69) is 20.4 Å². The van der Waals surface area contributed by atoms with Crippen LogP contribution in [-0.2, 0) is 4.74 Å². The van der Waals surface area contributed by atoms with Gasteiger partial charge in [0.15, 0.2) is 0 Å². The first-order valence-electron chi connectivity index (χ1n) is 6.83. The third-order valence-corrected chi connectivity index (χ3v) is 3.47. The first-order chi connectivity index (χ1) is 10.1. The van der Waals surface area contributed by atoms with Gasteiger partial charge in [-0.05, 0) is 12.0 Å². The van der Waals surface area contributed by atoms with Crippen molar-refractivity contribution in [1.82, 2.24) is 24.9 Å². The minimum atomic E-state index is -0.685. The Morgan fingerprint density at radius 1 is 1.52 bits per heavy atom. The number of aliphatic hydroxyl groups is 1. The number of rotatable bonds is 3. The second-order valence-electron chi connectivity index (χ2n) is 5.38. The molecule has 3 rings (SSSR count). The highest BCUT2D eigenvalue weighted by atomic mass is 16.5. The Balaban J connectivity index is 1.90. The molecule has 0 spiro atoms. The van der Waals surface area contributed by atoms with E-state index < -0.39 is 12.1 Å². The maximum atomic E-state index is 12.3. The predicted octanol–water partition coefficient (Wildman–Crippen LogP) is -0.263. The quantitative estimate of drug-likeness (QED) is 0.807. The molecule has 0 saturated carbocycles. The van der Waals surface area contributed by atoms with Crippen LogP contribution in [0.15, 0.2) is 12.4 Å². The molecule has 1 fully saturated rings. The molecule has 2 atom stereocenters. The van der Waals surface area contributed by atoms with Gasteiger partial charge < -0.3 is 15.2 Å². The number of nitrogens with zero attached hydrogens (tertiary/aromatic N) is 4. The lowest BCUT2D eigenvalue weighted by molar-refractivity contribution is 0.0881. The van der Waals surface area contributed by atoms with Crippen molar-refractivity contribution in [3.05, 3.63) is 23.8 Å². The lowest BCUT2D eigenvalue weighted by atomic mass is 10.1. The van der Waals surface area contributed by atoms with E-state index in [1.807, 2.05) is 13.8 Å². The standard InChI is InChI=1S/C13H17N5O3/c1-7(2)10-3-8(17-13-14-6-15-18(10)13)12(20)16-9-4-21-5-11(9)19/h3,6-7,9,11,19H,4-5H2,1-2H3,(H,16,20)/t9-,11-/m0/s1.